The number of nitrogens with one attached hydrogen (secondary N) is 1. The molecule has 29 heavy (non-hydrogen) atoms. The lowest BCUT2D eigenvalue weighted by molar-refractivity contribution is -0.146. The van der Waals surface area contributed by atoms with E-state index in [1.54, 1.807) is 25.1 Å². The third kappa shape index (κ3) is 4.06. The van der Waals surface area contributed by atoms with Gasteiger partial charge < -0.3 is 4.74 Å². The van der Waals surface area contributed by atoms with E-state index < -0.39 is 22.0 Å². The summed E-state index contributed by atoms with van der Waals surface area (Å²) in [5.41, 5.74) is 2.09. The molecule has 2 heterocycles. The molecule has 0 aliphatic carbocycles. The first-order chi connectivity index (χ1) is 13.9. The summed E-state index contributed by atoms with van der Waals surface area (Å²) in [6.07, 6.45) is 0. The van der Waals surface area contributed by atoms with Gasteiger partial charge in [0.05, 0.1) is 10.6 Å². The van der Waals surface area contributed by atoms with Gasteiger partial charge in [-0.25, -0.2) is 18.2 Å². The Morgan fingerprint density at radius 3 is 2.69 bits per heavy atom. The first-order valence-corrected chi connectivity index (χ1v) is 11.2. The van der Waals surface area contributed by atoms with Crippen molar-refractivity contribution in [3.8, 4) is 10.6 Å². The van der Waals surface area contributed by atoms with Crippen LogP contribution in [0.3, 0.4) is 0 Å². The Hall–Kier alpha value is -3.04. The van der Waals surface area contributed by atoms with Crippen LogP contribution >= 0.6 is 11.3 Å². The van der Waals surface area contributed by atoms with Gasteiger partial charge in [0.25, 0.3) is 10.0 Å². The maximum Gasteiger partial charge on any atom is 0.331 e. The van der Waals surface area contributed by atoms with Crippen molar-refractivity contribution in [1.82, 2.24) is 9.71 Å². The molecular formula is C20H17N3O4S2. The zero-order valence-corrected chi connectivity index (χ0v) is 17.0. The number of nitrogens with zero attached hydrogens (tertiary/aromatic N) is 2. The van der Waals surface area contributed by atoms with Gasteiger partial charge in [0.2, 0.25) is 0 Å². The second-order valence-corrected chi connectivity index (χ2v) is 8.88. The Bertz CT molecular complexity index is 1190. The van der Waals surface area contributed by atoms with Crippen molar-refractivity contribution in [1.29, 1.82) is 0 Å². The van der Waals surface area contributed by atoms with Gasteiger partial charge in [0.15, 0.2) is 0 Å². The van der Waals surface area contributed by atoms with Crippen LogP contribution in [0.4, 0.5) is 0 Å². The Morgan fingerprint density at radius 1 is 1.17 bits per heavy atom. The van der Waals surface area contributed by atoms with Crippen molar-refractivity contribution in [2.45, 2.75) is 24.5 Å². The largest absolute Gasteiger partial charge is 0.458 e. The number of carbonyl (C=O) groups excluding carboxylic acids is 1. The highest BCUT2D eigenvalue weighted by atomic mass is 32.2. The minimum absolute atomic E-state index is 0.0275. The molecule has 0 saturated carbocycles. The second kappa shape index (κ2) is 7.76. The molecule has 0 bridgehead atoms. The number of ether oxygens (including phenoxy) is 1. The minimum atomic E-state index is -3.65. The quantitative estimate of drug-likeness (QED) is 0.632. The van der Waals surface area contributed by atoms with Crippen molar-refractivity contribution < 1.29 is 17.9 Å². The van der Waals surface area contributed by atoms with E-state index in [4.69, 9.17) is 4.74 Å². The van der Waals surface area contributed by atoms with E-state index >= 15 is 0 Å². The lowest BCUT2D eigenvalue weighted by Gasteiger charge is -2.08. The van der Waals surface area contributed by atoms with Crippen LogP contribution in [-0.2, 0) is 26.2 Å². The van der Waals surface area contributed by atoms with Gasteiger partial charge in [0, 0.05) is 16.5 Å². The standard InChI is InChI=1S/C20H17N3O4S2/c1-13(21-18-16-9-5-6-10-17(16)29(25,26)23-18)20(24)27-11-15-12-28-19(22-15)14-7-3-2-4-8-14/h2-10,12-13H,11H2,1H3,(H,21,23)/t13-/m0/s1. The predicted molar refractivity (Wildman–Crippen MR) is 110 cm³/mol. The van der Waals surface area contributed by atoms with Crippen LogP contribution in [0.15, 0.2) is 69.9 Å². The van der Waals surface area contributed by atoms with E-state index in [2.05, 4.69) is 14.7 Å². The summed E-state index contributed by atoms with van der Waals surface area (Å²) < 4.78 is 31.9. The normalized spacial score (nSPS) is 16.8. The monoisotopic (exact) mass is 427 g/mol. The van der Waals surface area contributed by atoms with E-state index in [0.29, 0.717) is 11.3 Å². The number of hydrogen-bond donors (Lipinski definition) is 1. The molecule has 0 spiro atoms. The number of hydrogen-bond acceptors (Lipinski definition) is 7. The molecule has 1 aliphatic heterocycles. The number of aliphatic imine (C=N–C) groups is 1. The molecule has 3 aromatic rings. The number of carbonyl (C=O) groups is 1. The topological polar surface area (TPSA) is 97.7 Å². The molecule has 0 fully saturated rings. The van der Waals surface area contributed by atoms with Gasteiger partial charge in [-0.3, -0.25) is 9.71 Å². The van der Waals surface area contributed by atoms with Crippen LogP contribution in [0.1, 0.15) is 18.2 Å². The Morgan fingerprint density at radius 2 is 1.90 bits per heavy atom. The lowest BCUT2D eigenvalue weighted by atomic mass is 10.2. The fourth-order valence-corrected chi connectivity index (χ4v) is 4.88. The summed E-state index contributed by atoms with van der Waals surface area (Å²) in [7, 11) is -3.65. The minimum Gasteiger partial charge on any atom is -0.458 e. The summed E-state index contributed by atoms with van der Waals surface area (Å²) in [5, 5.41) is 2.69. The molecule has 1 aliphatic rings. The SMILES string of the molecule is C[C@H](N=C1NS(=O)(=O)c2ccccc21)C(=O)OCc1csc(-c2ccccc2)n1. The van der Waals surface area contributed by atoms with Crippen LogP contribution in [-0.4, -0.2) is 31.2 Å². The molecule has 1 N–H and O–H groups in total. The fourth-order valence-electron chi connectivity index (χ4n) is 2.83. The summed E-state index contributed by atoms with van der Waals surface area (Å²) in [5.74, 6) is -0.416. The van der Waals surface area contributed by atoms with Gasteiger partial charge in [-0.1, -0.05) is 42.5 Å². The summed E-state index contributed by atoms with van der Waals surface area (Å²) in [6.45, 7) is 1.58. The first-order valence-electron chi connectivity index (χ1n) is 8.80. The van der Waals surface area contributed by atoms with Gasteiger partial charge in [-0.2, -0.15) is 0 Å². The molecule has 148 valence electrons. The highest BCUT2D eigenvalue weighted by Gasteiger charge is 2.31. The molecule has 2 aromatic carbocycles. The third-order valence-electron chi connectivity index (χ3n) is 4.26. The zero-order chi connectivity index (χ0) is 20.4. The molecule has 1 atom stereocenters. The number of rotatable bonds is 5. The van der Waals surface area contributed by atoms with Gasteiger partial charge in [-0.15, -0.1) is 11.3 Å². The van der Waals surface area contributed by atoms with Crippen LogP contribution in [0, 0.1) is 0 Å². The van der Waals surface area contributed by atoms with E-state index in [1.807, 2.05) is 35.7 Å². The van der Waals surface area contributed by atoms with Gasteiger partial charge >= 0.3 is 5.97 Å². The average Bonchev–Trinajstić information content (AvgIpc) is 3.30. The van der Waals surface area contributed by atoms with Crippen LogP contribution in [0.25, 0.3) is 10.6 Å². The number of fused-ring (bicyclic) bond motifs is 1. The molecule has 1 aromatic heterocycles. The third-order valence-corrected chi connectivity index (χ3v) is 6.60. The van der Waals surface area contributed by atoms with Crippen molar-refractivity contribution in [3.63, 3.8) is 0 Å². The molecule has 9 heteroatoms. The highest BCUT2D eigenvalue weighted by molar-refractivity contribution is 7.90. The number of thiazole rings is 1. The van der Waals surface area contributed by atoms with Gasteiger partial charge in [-0.05, 0) is 19.1 Å². The maximum absolute atomic E-state index is 12.3. The van der Waals surface area contributed by atoms with Crippen LogP contribution in [0.5, 0.6) is 0 Å². The molecule has 0 saturated heterocycles. The fraction of sp³-hybridized carbons (Fsp3) is 0.150. The van der Waals surface area contributed by atoms with Crippen molar-refractivity contribution in [3.05, 3.63) is 71.2 Å². The molecule has 0 amide bonds. The van der Waals surface area contributed by atoms with E-state index in [9.17, 15) is 13.2 Å². The van der Waals surface area contributed by atoms with Crippen molar-refractivity contribution in [2.24, 2.45) is 4.99 Å². The van der Waals surface area contributed by atoms with E-state index in [-0.39, 0.29) is 17.3 Å². The summed E-state index contributed by atoms with van der Waals surface area (Å²) in [4.78, 5) is 21.2. The Kier molecular flexibility index (Phi) is 5.16. The first kappa shape index (κ1) is 19.3. The summed E-state index contributed by atoms with van der Waals surface area (Å²) in [6, 6.07) is 15.4. The van der Waals surface area contributed by atoms with Crippen LogP contribution < -0.4 is 4.72 Å². The Balaban J connectivity index is 1.42. The lowest BCUT2D eigenvalue weighted by Crippen LogP contribution is -2.26. The molecule has 0 unspecified atom stereocenters. The number of benzene rings is 2. The van der Waals surface area contributed by atoms with E-state index in [0.717, 1.165) is 10.6 Å². The van der Waals surface area contributed by atoms with Crippen molar-refractivity contribution >= 4 is 33.2 Å². The smallest absolute Gasteiger partial charge is 0.331 e. The number of amidine groups is 1. The van der Waals surface area contributed by atoms with Crippen molar-refractivity contribution in [2.75, 3.05) is 0 Å². The Labute approximate surface area is 172 Å². The molecule has 0 radical (unpaired) electrons. The second-order valence-electron chi connectivity index (χ2n) is 6.37. The highest BCUT2D eigenvalue weighted by Crippen LogP contribution is 2.24. The molecule has 7 nitrogen and oxygen atoms in total. The molecule has 4 rings (SSSR count). The number of aromatic nitrogens is 1. The van der Waals surface area contributed by atoms with Gasteiger partial charge in [0.1, 0.15) is 23.5 Å². The number of esters is 1. The summed E-state index contributed by atoms with van der Waals surface area (Å²) >= 11 is 1.47. The maximum atomic E-state index is 12.3. The van der Waals surface area contributed by atoms with E-state index in [1.165, 1.54) is 17.4 Å². The van der Waals surface area contributed by atoms with Crippen LogP contribution in [0.2, 0.25) is 0 Å². The predicted octanol–water partition coefficient (Wildman–Crippen LogP) is 2.98. The number of sulfonamides is 1. The zero-order valence-electron chi connectivity index (χ0n) is 15.4. The molecular weight excluding hydrogens is 410 g/mol. The average molecular weight is 428 g/mol.